The number of anilines is 2. The Morgan fingerprint density at radius 1 is 1.17 bits per heavy atom. The fourth-order valence-electron chi connectivity index (χ4n) is 1.62. The molecule has 0 fully saturated rings. The Labute approximate surface area is 105 Å². The van der Waals surface area contributed by atoms with E-state index in [1.54, 1.807) is 36.4 Å². The lowest BCUT2D eigenvalue weighted by atomic mass is 10.1. The second-order valence-electron chi connectivity index (χ2n) is 4.08. The summed E-state index contributed by atoms with van der Waals surface area (Å²) in [5.74, 6) is -0.0261. The highest BCUT2D eigenvalue weighted by atomic mass is 16.3. The molecule has 0 aromatic heterocycles. The van der Waals surface area contributed by atoms with Crippen LogP contribution in [0.5, 0.6) is 5.75 Å². The van der Waals surface area contributed by atoms with E-state index in [2.05, 4.69) is 5.32 Å². The predicted octanol–water partition coefficient (Wildman–Crippen LogP) is 2.54. The Bertz CT molecular complexity index is 577. The lowest BCUT2D eigenvalue weighted by Gasteiger charge is -2.08. The maximum atomic E-state index is 11.9. The van der Waals surface area contributed by atoms with Gasteiger partial charge in [-0.1, -0.05) is 0 Å². The summed E-state index contributed by atoms with van der Waals surface area (Å²) in [5.41, 5.74) is 8.20. The average molecular weight is 242 g/mol. The van der Waals surface area contributed by atoms with Crippen LogP contribution in [0.15, 0.2) is 42.5 Å². The van der Waals surface area contributed by atoms with Crippen molar-refractivity contribution < 1.29 is 9.90 Å². The normalized spacial score (nSPS) is 10.1. The molecule has 92 valence electrons. The van der Waals surface area contributed by atoms with Crippen LogP contribution < -0.4 is 11.1 Å². The standard InChI is InChI=1S/C14H14N2O2/c1-9-8-12(17)6-7-13(9)16-14(18)10-2-4-11(15)5-3-10/h2-8,17H,15H2,1H3,(H,16,18). The molecule has 0 aliphatic carbocycles. The molecule has 0 radical (unpaired) electrons. The Balaban J connectivity index is 2.18. The van der Waals surface area contributed by atoms with Crippen molar-refractivity contribution in [2.45, 2.75) is 6.92 Å². The molecule has 0 aliphatic heterocycles. The highest BCUT2D eigenvalue weighted by Crippen LogP contribution is 2.20. The van der Waals surface area contributed by atoms with Crippen molar-refractivity contribution in [2.24, 2.45) is 0 Å². The third-order valence-corrected chi connectivity index (χ3v) is 2.63. The monoisotopic (exact) mass is 242 g/mol. The number of benzene rings is 2. The molecule has 18 heavy (non-hydrogen) atoms. The van der Waals surface area contributed by atoms with Gasteiger partial charge in [0, 0.05) is 16.9 Å². The molecule has 0 spiro atoms. The van der Waals surface area contributed by atoms with E-state index in [1.165, 1.54) is 6.07 Å². The smallest absolute Gasteiger partial charge is 0.255 e. The van der Waals surface area contributed by atoms with Crippen molar-refractivity contribution in [1.29, 1.82) is 0 Å². The summed E-state index contributed by atoms with van der Waals surface area (Å²) in [4.78, 5) is 11.9. The van der Waals surface area contributed by atoms with Crippen LogP contribution in [-0.2, 0) is 0 Å². The van der Waals surface area contributed by atoms with E-state index in [1.807, 2.05) is 6.92 Å². The fraction of sp³-hybridized carbons (Fsp3) is 0.0714. The average Bonchev–Trinajstić information content (AvgIpc) is 2.33. The molecule has 4 N–H and O–H groups in total. The van der Waals surface area contributed by atoms with E-state index in [0.717, 1.165) is 5.56 Å². The van der Waals surface area contributed by atoms with E-state index in [9.17, 15) is 9.90 Å². The van der Waals surface area contributed by atoms with Crippen LogP contribution in [0.1, 0.15) is 15.9 Å². The first kappa shape index (κ1) is 12.0. The summed E-state index contributed by atoms with van der Waals surface area (Å²) in [6.45, 7) is 1.82. The van der Waals surface area contributed by atoms with Gasteiger partial charge in [0.25, 0.3) is 5.91 Å². The van der Waals surface area contributed by atoms with Crippen molar-refractivity contribution in [3.05, 3.63) is 53.6 Å². The molecule has 0 bridgehead atoms. The lowest BCUT2D eigenvalue weighted by molar-refractivity contribution is 0.102. The number of nitrogen functional groups attached to an aromatic ring is 1. The lowest BCUT2D eigenvalue weighted by Crippen LogP contribution is -2.12. The molecular weight excluding hydrogens is 228 g/mol. The van der Waals surface area contributed by atoms with Gasteiger partial charge in [0.15, 0.2) is 0 Å². The summed E-state index contributed by atoms with van der Waals surface area (Å²) in [6, 6.07) is 11.5. The first-order chi connectivity index (χ1) is 8.56. The number of nitrogens with two attached hydrogens (primary N) is 1. The number of carbonyl (C=O) groups is 1. The highest BCUT2D eigenvalue weighted by Gasteiger charge is 2.07. The zero-order valence-corrected chi connectivity index (χ0v) is 9.97. The van der Waals surface area contributed by atoms with Gasteiger partial charge in [0.1, 0.15) is 5.75 Å². The van der Waals surface area contributed by atoms with E-state index < -0.39 is 0 Å². The van der Waals surface area contributed by atoms with E-state index in [-0.39, 0.29) is 11.7 Å². The Kier molecular flexibility index (Phi) is 3.19. The first-order valence-electron chi connectivity index (χ1n) is 5.53. The molecule has 4 heteroatoms. The summed E-state index contributed by atoms with van der Waals surface area (Å²) in [7, 11) is 0. The van der Waals surface area contributed by atoms with Crippen molar-refractivity contribution in [2.75, 3.05) is 11.1 Å². The minimum Gasteiger partial charge on any atom is -0.508 e. The summed E-state index contributed by atoms with van der Waals surface area (Å²) >= 11 is 0. The van der Waals surface area contributed by atoms with Gasteiger partial charge in [0.2, 0.25) is 0 Å². The second kappa shape index (κ2) is 4.79. The number of nitrogens with one attached hydrogen (secondary N) is 1. The molecule has 2 rings (SSSR count). The van der Waals surface area contributed by atoms with Gasteiger partial charge in [-0.2, -0.15) is 0 Å². The third kappa shape index (κ3) is 2.60. The summed E-state index contributed by atoms with van der Waals surface area (Å²) in [5, 5.41) is 12.1. The van der Waals surface area contributed by atoms with Crippen molar-refractivity contribution in [3.8, 4) is 5.75 Å². The number of carbonyl (C=O) groups excluding carboxylic acids is 1. The van der Waals surface area contributed by atoms with Crippen LogP contribution in [-0.4, -0.2) is 11.0 Å². The molecule has 0 aliphatic rings. The number of hydrogen-bond acceptors (Lipinski definition) is 3. The Morgan fingerprint density at radius 3 is 2.44 bits per heavy atom. The van der Waals surface area contributed by atoms with Crippen molar-refractivity contribution in [3.63, 3.8) is 0 Å². The maximum Gasteiger partial charge on any atom is 0.255 e. The quantitative estimate of drug-likeness (QED) is 0.559. The SMILES string of the molecule is Cc1cc(O)ccc1NC(=O)c1ccc(N)cc1. The topological polar surface area (TPSA) is 75.3 Å². The molecular formula is C14H14N2O2. The van der Waals surface area contributed by atoms with Crippen LogP contribution in [0.3, 0.4) is 0 Å². The van der Waals surface area contributed by atoms with E-state index >= 15 is 0 Å². The number of phenols is 1. The molecule has 2 aromatic rings. The largest absolute Gasteiger partial charge is 0.508 e. The molecule has 4 nitrogen and oxygen atoms in total. The third-order valence-electron chi connectivity index (χ3n) is 2.63. The molecule has 1 amide bonds. The van der Waals surface area contributed by atoms with Crippen LogP contribution in [0.4, 0.5) is 11.4 Å². The maximum absolute atomic E-state index is 11.9. The molecule has 0 saturated carbocycles. The highest BCUT2D eigenvalue weighted by molar-refractivity contribution is 6.04. The van der Waals surface area contributed by atoms with Crippen LogP contribution in [0.2, 0.25) is 0 Å². The molecule has 0 atom stereocenters. The zero-order chi connectivity index (χ0) is 13.1. The van der Waals surface area contributed by atoms with Crippen LogP contribution >= 0.6 is 0 Å². The molecule has 0 unspecified atom stereocenters. The van der Waals surface area contributed by atoms with Crippen LogP contribution in [0.25, 0.3) is 0 Å². The van der Waals surface area contributed by atoms with Crippen molar-refractivity contribution in [1.82, 2.24) is 0 Å². The number of hydrogen-bond donors (Lipinski definition) is 3. The number of rotatable bonds is 2. The van der Waals surface area contributed by atoms with Gasteiger partial charge >= 0.3 is 0 Å². The summed E-state index contributed by atoms with van der Waals surface area (Å²) < 4.78 is 0. The Morgan fingerprint density at radius 2 is 1.83 bits per heavy atom. The predicted molar refractivity (Wildman–Crippen MR) is 71.7 cm³/mol. The van der Waals surface area contributed by atoms with Gasteiger partial charge in [-0.05, 0) is 55.0 Å². The van der Waals surface area contributed by atoms with Gasteiger partial charge < -0.3 is 16.2 Å². The van der Waals surface area contributed by atoms with Gasteiger partial charge in [-0.15, -0.1) is 0 Å². The number of amides is 1. The van der Waals surface area contributed by atoms with Crippen molar-refractivity contribution >= 4 is 17.3 Å². The number of aromatic hydroxyl groups is 1. The van der Waals surface area contributed by atoms with Crippen LogP contribution in [0, 0.1) is 6.92 Å². The minimum absolute atomic E-state index is 0.179. The van der Waals surface area contributed by atoms with E-state index in [0.29, 0.717) is 16.9 Å². The minimum atomic E-state index is -0.205. The molecule has 0 heterocycles. The number of aryl methyl sites for hydroxylation is 1. The summed E-state index contributed by atoms with van der Waals surface area (Å²) in [6.07, 6.45) is 0. The number of phenolic OH excluding ortho intramolecular Hbond substituents is 1. The fourth-order valence-corrected chi connectivity index (χ4v) is 1.62. The zero-order valence-electron chi connectivity index (χ0n) is 9.97. The van der Waals surface area contributed by atoms with Gasteiger partial charge in [-0.3, -0.25) is 4.79 Å². The second-order valence-corrected chi connectivity index (χ2v) is 4.08. The Hall–Kier alpha value is -2.49. The van der Waals surface area contributed by atoms with Gasteiger partial charge in [-0.25, -0.2) is 0 Å². The first-order valence-corrected chi connectivity index (χ1v) is 5.53. The molecule has 0 saturated heterocycles. The molecule has 2 aromatic carbocycles. The van der Waals surface area contributed by atoms with E-state index in [4.69, 9.17) is 5.73 Å². The van der Waals surface area contributed by atoms with Gasteiger partial charge in [0.05, 0.1) is 0 Å².